The topological polar surface area (TPSA) is 103 Å². The van der Waals surface area contributed by atoms with Crippen molar-refractivity contribution in [1.29, 1.82) is 0 Å². The van der Waals surface area contributed by atoms with Crippen LogP contribution in [0.1, 0.15) is 39.9 Å². The summed E-state index contributed by atoms with van der Waals surface area (Å²) in [6.07, 6.45) is 1.93. The molecular formula is C32H38N4O5S. The average Bonchev–Trinajstić information content (AvgIpc) is 3.55. The van der Waals surface area contributed by atoms with Gasteiger partial charge in [0.05, 0.1) is 18.2 Å². The van der Waals surface area contributed by atoms with Gasteiger partial charge in [-0.05, 0) is 73.9 Å². The third-order valence-electron chi connectivity index (χ3n) is 8.48. The molecule has 1 aliphatic heterocycles. The summed E-state index contributed by atoms with van der Waals surface area (Å²) in [6.45, 7) is 5.80. The van der Waals surface area contributed by atoms with Gasteiger partial charge in [0.25, 0.3) is 5.91 Å². The number of aliphatic carboxylic acids is 1. The van der Waals surface area contributed by atoms with E-state index in [2.05, 4.69) is 11.0 Å². The van der Waals surface area contributed by atoms with Gasteiger partial charge in [-0.3, -0.25) is 14.4 Å². The molecule has 0 spiro atoms. The number of benzene rings is 2. The summed E-state index contributed by atoms with van der Waals surface area (Å²) in [6, 6.07) is 11.6. The Morgan fingerprint density at radius 2 is 1.76 bits per heavy atom. The van der Waals surface area contributed by atoms with Crippen LogP contribution in [0.4, 0.5) is 5.13 Å². The summed E-state index contributed by atoms with van der Waals surface area (Å²) in [7, 11) is 4.96. The van der Waals surface area contributed by atoms with Crippen molar-refractivity contribution in [3.63, 3.8) is 0 Å². The Bertz CT molecular complexity index is 1490. The van der Waals surface area contributed by atoms with Crippen LogP contribution in [0, 0.1) is 31.6 Å². The number of fused-ring (bicyclic) bond motifs is 2. The zero-order valence-electron chi connectivity index (χ0n) is 24.8. The van der Waals surface area contributed by atoms with Crippen molar-refractivity contribution < 1.29 is 24.2 Å². The number of carboxylic acids is 1. The van der Waals surface area contributed by atoms with E-state index >= 15 is 0 Å². The van der Waals surface area contributed by atoms with Gasteiger partial charge in [0.2, 0.25) is 5.91 Å². The lowest BCUT2D eigenvalue weighted by molar-refractivity contribution is -0.144. The number of amides is 2. The largest absolute Gasteiger partial charge is 0.488 e. The number of nitrogens with zero attached hydrogens (tertiary/aromatic N) is 4. The molecule has 1 saturated carbocycles. The predicted molar refractivity (Wildman–Crippen MR) is 163 cm³/mol. The van der Waals surface area contributed by atoms with Gasteiger partial charge in [-0.25, -0.2) is 4.98 Å². The first kappa shape index (κ1) is 29.6. The Morgan fingerprint density at radius 1 is 1.05 bits per heavy atom. The van der Waals surface area contributed by atoms with Crippen molar-refractivity contribution >= 4 is 34.3 Å². The monoisotopic (exact) mass is 590 g/mol. The van der Waals surface area contributed by atoms with Crippen molar-refractivity contribution in [1.82, 2.24) is 14.8 Å². The van der Waals surface area contributed by atoms with Gasteiger partial charge < -0.3 is 24.5 Å². The Hall–Kier alpha value is -3.92. The Labute approximate surface area is 250 Å². The quantitative estimate of drug-likeness (QED) is 0.385. The molecule has 2 fully saturated rings. The molecule has 2 heterocycles. The maximum Gasteiger partial charge on any atom is 0.307 e. The average molecular weight is 591 g/mol. The standard InChI is InChI=1S/C32H38N4O5S/c1-19-6-11-27(41-17-24-10-7-21(13-20(24)2)30(38)35(5)16-28(37)34(3)4)25(12-19)26-18-42-32(33-26)36-14-22-8-9-23(15-36)29(22)31(39)40/h6-7,10-13,18,22-23,29H,8-9,14-17H2,1-5H3,(H,39,40)/t22-,23?,29+/m0/s1. The van der Waals surface area contributed by atoms with Gasteiger partial charge in [0.15, 0.2) is 5.13 Å². The summed E-state index contributed by atoms with van der Waals surface area (Å²) in [5.41, 5.74) is 5.27. The molecular weight excluding hydrogens is 552 g/mol. The fraction of sp³-hybridized carbons (Fsp3) is 0.438. The van der Waals surface area contributed by atoms with E-state index in [1.807, 2.05) is 43.5 Å². The Balaban J connectivity index is 1.28. The molecule has 222 valence electrons. The highest BCUT2D eigenvalue weighted by Crippen LogP contribution is 2.44. The zero-order chi connectivity index (χ0) is 30.1. The number of ether oxygens (including phenoxy) is 1. The number of carboxylic acid groups (broad SMARTS) is 1. The van der Waals surface area contributed by atoms with Crippen molar-refractivity contribution in [2.24, 2.45) is 17.8 Å². The van der Waals surface area contributed by atoms with Gasteiger partial charge >= 0.3 is 5.97 Å². The van der Waals surface area contributed by atoms with Gasteiger partial charge in [-0.15, -0.1) is 11.3 Å². The van der Waals surface area contributed by atoms with Crippen LogP contribution in [0.2, 0.25) is 0 Å². The smallest absolute Gasteiger partial charge is 0.307 e. The molecule has 10 heteroatoms. The van der Waals surface area contributed by atoms with E-state index in [4.69, 9.17) is 9.72 Å². The summed E-state index contributed by atoms with van der Waals surface area (Å²) in [4.78, 5) is 46.8. The number of piperidine rings is 1. The minimum Gasteiger partial charge on any atom is -0.488 e. The molecule has 2 amide bonds. The van der Waals surface area contributed by atoms with Crippen LogP contribution in [0.25, 0.3) is 11.3 Å². The lowest BCUT2D eigenvalue weighted by Gasteiger charge is -2.35. The second kappa shape index (κ2) is 12.1. The summed E-state index contributed by atoms with van der Waals surface area (Å²) in [5, 5.41) is 12.6. The number of thiazole rings is 1. The van der Waals surface area contributed by atoms with Crippen molar-refractivity contribution in [2.45, 2.75) is 33.3 Å². The van der Waals surface area contributed by atoms with Crippen LogP contribution in [0.5, 0.6) is 5.75 Å². The molecule has 2 aliphatic rings. The molecule has 1 unspecified atom stereocenters. The van der Waals surface area contributed by atoms with Crippen molar-refractivity contribution in [2.75, 3.05) is 45.7 Å². The number of hydrogen-bond acceptors (Lipinski definition) is 7. The highest BCUT2D eigenvalue weighted by atomic mass is 32.1. The summed E-state index contributed by atoms with van der Waals surface area (Å²) < 4.78 is 6.32. The number of anilines is 1. The first-order valence-corrected chi connectivity index (χ1v) is 15.1. The van der Waals surface area contributed by atoms with E-state index in [1.165, 1.54) is 9.80 Å². The van der Waals surface area contributed by atoms with E-state index in [9.17, 15) is 19.5 Å². The molecule has 9 nitrogen and oxygen atoms in total. The number of carbonyl (C=O) groups excluding carboxylic acids is 2. The first-order valence-electron chi connectivity index (χ1n) is 14.2. The van der Waals surface area contributed by atoms with Crippen LogP contribution >= 0.6 is 11.3 Å². The minimum absolute atomic E-state index is 0.0199. The van der Waals surface area contributed by atoms with E-state index in [0.717, 1.165) is 64.8 Å². The lowest BCUT2D eigenvalue weighted by Crippen LogP contribution is -2.44. The molecule has 1 aromatic heterocycles. The minimum atomic E-state index is -0.663. The third-order valence-corrected chi connectivity index (χ3v) is 9.38. The molecule has 3 aromatic rings. The maximum absolute atomic E-state index is 12.9. The summed E-state index contributed by atoms with van der Waals surface area (Å²) in [5.74, 6) is -0.159. The van der Waals surface area contributed by atoms with Crippen molar-refractivity contribution in [3.05, 3.63) is 64.0 Å². The first-order chi connectivity index (χ1) is 20.0. The maximum atomic E-state index is 12.9. The fourth-order valence-electron chi connectivity index (χ4n) is 6.07. The summed E-state index contributed by atoms with van der Waals surface area (Å²) >= 11 is 1.59. The fourth-order valence-corrected chi connectivity index (χ4v) is 6.91. The Morgan fingerprint density at radius 3 is 2.40 bits per heavy atom. The highest BCUT2D eigenvalue weighted by Gasteiger charge is 2.46. The number of carbonyl (C=O) groups is 3. The molecule has 3 atom stereocenters. The van der Waals surface area contributed by atoms with E-state index in [-0.39, 0.29) is 36.1 Å². The van der Waals surface area contributed by atoms with Crippen LogP contribution in [0.15, 0.2) is 41.8 Å². The molecule has 0 radical (unpaired) electrons. The van der Waals surface area contributed by atoms with Crippen LogP contribution in [-0.2, 0) is 16.2 Å². The normalized spacial score (nSPS) is 19.5. The number of aromatic nitrogens is 1. The third kappa shape index (κ3) is 6.13. The van der Waals surface area contributed by atoms with Crippen LogP contribution in [-0.4, -0.2) is 78.5 Å². The molecule has 2 bridgehead atoms. The lowest BCUT2D eigenvalue weighted by atomic mass is 9.85. The van der Waals surface area contributed by atoms with E-state index < -0.39 is 5.97 Å². The number of rotatable bonds is 9. The highest BCUT2D eigenvalue weighted by molar-refractivity contribution is 7.14. The molecule has 2 aromatic carbocycles. The predicted octanol–water partition coefficient (Wildman–Crippen LogP) is 4.71. The van der Waals surface area contributed by atoms with E-state index in [1.54, 1.807) is 38.5 Å². The van der Waals surface area contributed by atoms with Crippen LogP contribution in [0.3, 0.4) is 0 Å². The van der Waals surface area contributed by atoms with Gasteiger partial charge in [-0.1, -0.05) is 17.7 Å². The molecule has 5 rings (SSSR count). The van der Waals surface area contributed by atoms with Crippen LogP contribution < -0.4 is 9.64 Å². The molecule has 1 N–H and O–H groups in total. The van der Waals surface area contributed by atoms with Crippen molar-refractivity contribution in [3.8, 4) is 17.0 Å². The van der Waals surface area contributed by atoms with Gasteiger partial charge in [0, 0.05) is 50.7 Å². The van der Waals surface area contributed by atoms with E-state index in [0.29, 0.717) is 12.2 Å². The number of likely N-dealkylation sites (N-methyl/N-ethyl adjacent to an activating group) is 2. The molecule has 1 saturated heterocycles. The number of hydrogen-bond donors (Lipinski definition) is 1. The van der Waals surface area contributed by atoms with Gasteiger partial charge in [-0.2, -0.15) is 0 Å². The SMILES string of the molecule is Cc1ccc(OCc2ccc(C(=O)N(C)CC(=O)N(C)C)cc2C)c(-c2csc(N3CC4CC[C@@H](C3)[C@H]4C(=O)O)n2)c1. The zero-order valence-corrected chi connectivity index (χ0v) is 25.6. The second-order valence-electron chi connectivity index (χ2n) is 11.8. The molecule has 42 heavy (non-hydrogen) atoms. The molecule has 1 aliphatic carbocycles. The number of aryl methyl sites for hydroxylation is 2. The van der Waals surface area contributed by atoms with Gasteiger partial charge in [0.1, 0.15) is 12.4 Å². The Kier molecular flexibility index (Phi) is 8.54. The second-order valence-corrected chi connectivity index (χ2v) is 12.6.